The SMILES string of the molecule is COCC(C)(C)CC(C)(C)CN(C)CCCO. The largest absolute Gasteiger partial charge is 0.396 e. The molecule has 0 bridgehead atoms. The molecular weight excluding hydrogens is 214 g/mol. The molecule has 0 saturated heterocycles. The van der Waals surface area contributed by atoms with Crippen molar-refractivity contribution in [3.05, 3.63) is 0 Å². The Morgan fingerprint density at radius 2 is 1.71 bits per heavy atom. The van der Waals surface area contributed by atoms with Gasteiger partial charge in [-0.2, -0.15) is 0 Å². The van der Waals surface area contributed by atoms with Gasteiger partial charge in [-0.1, -0.05) is 27.7 Å². The summed E-state index contributed by atoms with van der Waals surface area (Å²) in [5, 5.41) is 8.83. The molecule has 0 spiro atoms. The van der Waals surface area contributed by atoms with E-state index in [1.807, 2.05) is 0 Å². The molecule has 0 radical (unpaired) electrons. The molecule has 3 nitrogen and oxygen atoms in total. The van der Waals surface area contributed by atoms with Crippen molar-refractivity contribution in [2.45, 2.75) is 40.5 Å². The molecule has 0 aromatic heterocycles. The lowest BCUT2D eigenvalue weighted by Gasteiger charge is -2.37. The Kier molecular flexibility index (Phi) is 7.29. The summed E-state index contributed by atoms with van der Waals surface area (Å²) in [6, 6.07) is 0. The second-order valence-corrected chi connectivity index (χ2v) is 6.75. The molecule has 0 aliphatic heterocycles. The summed E-state index contributed by atoms with van der Waals surface area (Å²) in [6.07, 6.45) is 1.99. The second-order valence-electron chi connectivity index (χ2n) is 6.75. The molecule has 17 heavy (non-hydrogen) atoms. The quantitative estimate of drug-likeness (QED) is 0.677. The van der Waals surface area contributed by atoms with Gasteiger partial charge in [0.2, 0.25) is 0 Å². The summed E-state index contributed by atoms with van der Waals surface area (Å²) in [4.78, 5) is 2.30. The number of aliphatic hydroxyl groups excluding tert-OH is 1. The summed E-state index contributed by atoms with van der Waals surface area (Å²) in [5.74, 6) is 0. The van der Waals surface area contributed by atoms with Crippen molar-refractivity contribution in [1.82, 2.24) is 4.90 Å². The number of hydrogen-bond acceptors (Lipinski definition) is 3. The monoisotopic (exact) mass is 245 g/mol. The van der Waals surface area contributed by atoms with Crippen LogP contribution < -0.4 is 0 Å². The molecule has 0 heterocycles. The van der Waals surface area contributed by atoms with Gasteiger partial charge < -0.3 is 14.7 Å². The first kappa shape index (κ1) is 16.9. The van der Waals surface area contributed by atoms with Gasteiger partial charge >= 0.3 is 0 Å². The Hall–Kier alpha value is -0.120. The van der Waals surface area contributed by atoms with E-state index >= 15 is 0 Å². The summed E-state index contributed by atoms with van der Waals surface area (Å²) in [6.45, 7) is 12.2. The van der Waals surface area contributed by atoms with Crippen LogP contribution in [0, 0.1) is 10.8 Å². The van der Waals surface area contributed by atoms with E-state index in [1.165, 1.54) is 0 Å². The van der Waals surface area contributed by atoms with Crippen molar-refractivity contribution in [2.75, 3.05) is 40.5 Å². The van der Waals surface area contributed by atoms with Gasteiger partial charge in [-0.3, -0.25) is 0 Å². The standard InChI is InChI=1S/C14H31NO2/c1-13(2,10-14(3,4)12-17-6)11-15(5)8-7-9-16/h16H,7-12H2,1-6H3. The van der Waals surface area contributed by atoms with E-state index in [1.54, 1.807) is 7.11 Å². The fraction of sp³-hybridized carbons (Fsp3) is 1.00. The Morgan fingerprint density at radius 1 is 1.12 bits per heavy atom. The molecule has 0 aromatic rings. The predicted octanol–water partition coefficient (Wildman–Crippen LogP) is 2.39. The maximum atomic E-state index is 8.83. The second kappa shape index (κ2) is 7.34. The minimum Gasteiger partial charge on any atom is -0.396 e. The average Bonchev–Trinajstić information content (AvgIpc) is 2.11. The minimum atomic E-state index is 0.218. The molecule has 0 atom stereocenters. The fourth-order valence-corrected chi connectivity index (χ4v) is 2.94. The maximum absolute atomic E-state index is 8.83. The number of hydrogen-bond donors (Lipinski definition) is 1. The first-order valence-corrected chi connectivity index (χ1v) is 6.51. The van der Waals surface area contributed by atoms with Gasteiger partial charge in [0, 0.05) is 26.8 Å². The van der Waals surface area contributed by atoms with Gasteiger partial charge in [-0.25, -0.2) is 0 Å². The van der Waals surface area contributed by atoms with Crippen molar-refractivity contribution in [3.63, 3.8) is 0 Å². The first-order valence-electron chi connectivity index (χ1n) is 6.51. The van der Waals surface area contributed by atoms with Gasteiger partial charge in [0.1, 0.15) is 0 Å². The van der Waals surface area contributed by atoms with E-state index < -0.39 is 0 Å². The summed E-state index contributed by atoms with van der Waals surface area (Å²) >= 11 is 0. The third-order valence-corrected chi connectivity index (χ3v) is 2.89. The molecule has 0 amide bonds. The van der Waals surface area contributed by atoms with E-state index in [4.69, 9.17) is 9.84 Å². The maximum Gasteiger partial charge on any atom is 0.0513 e. The first-order chi connectivity index (χ1) is 7.72. The van der Waals surface area contributed by atoms with Crippen molar-refractivity contribution in [3.8, 4) is 0 Å². The lowest BCUT2D eigenvalue weighted by molar-refractivity contribution is 0.0557. The van der Waals surface area contributed by atoms with Crippen LogP contribution in [0.5, 0.6) is 0 Å². The highest BCUT2D eigenvalue weighted by molar-refractivity contribution is 4.81. The van der Waals surface area contributed by atoms with Crippen molar-refractivity contribution in [2.24, 2.45) is 10.8 Å². The van der Waals surface area contributed by atoms with Crippen LogP contribution in [0.25, 0.3) is 0 Å². The highest BCUT2D eigenvalue weighted by atomic mass is 16.5. The van der Waals surface area contributed by atoms with Crippen molar-refractivity contribution >= 4 is 0 Å². The van der Waals surface area contributed by atoms with Crippen molar-refractivity contribution < 1.29 is 9.84 Å². The van der Waals surface area contributed by atoms with E-state index in [9.17, 15) is 0 Å². The minimum absolute atomic E-state index is 0.218. The Bertz CT molecular complexity index is 202. The Labute approximate surface area is 107 Å². The molecule has 0 aliphatic carbocycles. The smallest absolute Gasteiger partial charge is 0.0513 e. The topological polar surface area (TPSA) is 32.7 Å². The van der Waals surface area contributed by atoms with Crippen LogP contribution in [-0.4, -0.2) is 50.5 Å². The normalized spacial score (nSPS) is 13.4. The van der Waals surface area contributed by atoms with E-state index in [2.05, 4.69) is 39.6 Å². The summed E-state index contributed by atoms with van der Waals surface area (Å²) < 4.78 is 5.28. The van der Waals surface area contributed by atoms with E-state index in [0.717, 1.165) is 32.5 Å². The number of nitrogens with zero attached hydrogens (tertiary/aromatic N) is 1. The van der Waals surface area contributed by atoms with Crippen LogP contribution in [0.4, 0.5) is 0 Å². The molecule has 104 valence electrons. The third-order valence-electron chi connectivity index (χ3n) is 2.89. The number of aliphatic hydroxyl groups is 1. The molecule has 0 rings (SSSR count). The number of rotatable bonds is 9. The number of ether oxygens (including phenoxy) is 1. The predicted molar refractivity (Wildman–Crippen MR) is 73.3 cm³/mol. The highest BCUT2D eigenvalue weighted by Gasteiger charge is 2.29. The van der Waals surface area contributed by atoms with Crippen LogP contribution in [0.2, 0.25) is 0 Å². The lowest BCUT2D eigenvalue weighted by Crippen LogP contribution is -2.36. The number of methoxy groups -OCH3 is 1. The summed E-state index contributed by atoms with van der Waals surface area (Å²) in [7, 11) is 3.89. The van der Waals surface area contributed by atoms with E-state index in [-0.39, 0.29) is 17.4 Å². The van der Waals surface area contributed by atoms with Crippen LogP contribution in [-0.2, 0) is 4.74 Å². The summed E-state index contributed by atoms with van der Waals surface area (Å²) in [5.41, 5.74) is 0.488. The van der Waals surface area contributed by atoms with Gasteiger partial charge in [-0.15, -0.1) is 0 Å². The zero-order chi connectivity index (χ0) is 13.5. The molecule has 0 unspecified atom stereocenters. The molecule has 0 fully saturated rings. The Morgan fingerprint density at radius 3 is 2.18 bits per heavy atom. The van der Waals surface area contributed by atoms with Gasteiger partial charge in [0.25, 0.3) is 0 Å². The van der Waals surface area contributed by atoms with Crippen molar-refractivity contribution in [1.29, 1.82) is 0 Å². The van der Waals surface area contributed by atoms with E-state index in [0.29, 0.717) is 0 Å². The van der Waals surface area contributed by atoms with Gasteiger partial charge in [0.15, 0.2) is 0 Å². The van der Waals surface area contributed by atoms with Crippen LogP contribution >= 0.6 is 0 Å². The molecule has 0 saturated carbocycles. The van der Waals surface area contributed by atoms with Gasteiger partial charge in [0.05, 0.1) is 6.61 Å². The highest BCUT2D eigenvalue weighted by Crippen LogP contribution is 2.34. The molecule has 0 aromatic carbocycles. The molecular formula is C14H31NO2. The van der Waals surface area contributed by atoms with Crippen LogP contribution in [0.15, 0.2) is 0 Å². The Balaban J connectivity index is 4.18. The van der Waals surface area contributed by atoms with Crippen LogP contribution in [0.1, 0.15) is 40.5 Å². The fourth-order valence-electron chi connectivity index (χ4n) is 2.94. The molecule has 3 heteroatoms. The lowest BCUT2D eigenvalue weighted by atomic mass is 9.75. The van der Waals surface area contributed by atoms with Gasteiger partial charge in [-0.05, 0) is 30.7 Å². The molecule has 0 aliphatic rings. The third kappa shape index (κ3) is 8.58. The molecule has 1 N–H and O–H groups in total. The average molecular weight is 245 g/mol. The zero-order valence-electron chi connectivity index (χ0n) is 12.5. The van der Waals surface area contributed by atoms with Crippen LogP contribution in [0.3, 0.4) is 0 Å². The zero-order valence-corrected chi connectivity index (χ0v) is 12.5.